The number of para-hydroxylation sites is 4. The Morgan fingerprint density at radius 1 is 0.328 bits per heavy atom. The summed E-state index contributed by atoms with van der Waals surface area (Å²) < 4.78 is 17.4. The lowest BCUT2D eigenvalue weighted by Crippen LogP contribution is -2.23. The molecule has 0 bridgehead atoms. The summed E-state index contributed by atoms with van der Waals surface area (Å²) in [6.07, 6.45) is 9.18. The minimum atomic E-state index is -0.163. The molecule has 326 valence electrons. The van der Waals surface area contributed by atoms with Crippen molar-refractivity contribution < 1.29 is 9.47 Å². The van der Waals surface area contributed by atoms with Gasteiger partial charge in [0.1, 0.15) is 11.5 Å². The van der Waals surface area contributed by atoms with Gasteiger partial charge in [0.2, 0.25) is 0 Å². The normalized spacial score (nSPS) is 12.2. The molecule has 0 N–H and O–H groups in total. The molecule has 9 aromatic rings. The van der Waals surface area contributed by atoms with Gasteiger partial charge in [-0.15, -0.1) is 0 Å². The van der Waals surface area contributed by atoms with Crippen LogP contribution in [0.2, 0.25) is 0 Å². The smallest absolute Gasteiger partial charge is 0.119 e. The first-order valence-electron chi connectivity index (χ1n) is 23.8. The number of ether oxygens (including phenoxy) is 2. The topological polar surface area (TPSA) is 28.3 Å². The van der Waals surface area contributed by atoms with Crippen LogP contribution < -0.4 is 9.47 Å². The van der Waals surface area contributed by atoms with Gasteiger partial charge in [0.05, 0.1) is 13.2 Å². The Labute approximate surface area is 380 Å². The summed E-state index contributed by atoms with van der Waals surface area (Å²) in [4.78, 5) is 0. The molecule has 0 radical (unpaired) electrons. The lowest BCUT2D eigenvalue weighted by Gasteiger charge is -2.31. The van der Waals surface area contributed by atoms with Crippen molar-refractivity contribution in [3.05, 3.63) is 192 Å². The van der Waals surface area contributed by atoms with Gasteiger partial charge in [0, 0.05) is 67.5 Å². The molecule has 7 aromatic carbocycles. The van der Waals surface area contributed by atoms with Crippen LogP contribution in [0.4, 0.5) is 0 Å². The predicted molar refractivity (Wildman–Crippen MR) is 270 cm³/mol. The molecule has 9 rings (SSSR count). The molecule has 0 unspecified atom stereocenters. The summed E-state index contributed by atoms with van der Waals surface area (Å²) in [6, 6.07) is 61.8. The first kappa shape index (κ1) is 43.0. The lowest BCUT2D eigenvalue weighted by molar-refractivity contribution is 0.304. The number of rotatable bonds is 20. The minimum Gasteiger partial charge on any atom is -0.494 e. The van der Waals surface area contributed by atoms with Crippen LogP contribution in [0, 0.1) is 0 Å². The van der Waals surface area contributed by atoms with E-state index >= 15 is 0 Å². The first-order valence-corrected chi connectivity index (χ1v) is 23.8. The van der Waals surface area contributed by atoms with Crippen LogP contribution in [0.5, 0.6) is 11.5 Å². The van der Waals surface area contributed by atoms with Gasteiger partial charge in [-0.2, -0.15) is 0 Å². The van der Waals surface area contributed by atoms with Gasteiger partial charge < -0.3 is 18.6 Å². The fraction of sp³-hybridized carbons (Fsp3) is 0.300. The van der Waals surface area contributed by atoms with Crippen LogP contribution in [0.25, 0.3) is 43.6 Å². The van der Waals surface area contributed by atoms with Gasteiger partial charge in [-0.3, -0.25) is 0 Å². The Bertz CT molecular complexity index is 2640. The second-order valence-corrected chi connectivity index (χ2v) is 18.8. The number of hydrogen-bond acceptors (Lipinski definition) is 2. The average Bonchev–Trinajstić information content (AvgIpc) is 3.83. The molecule has 0 spiro atoms. The lowest BCUT2D eigenvalue weighted by atomic mass is 9.73. The number of unbranched alkanes of at least 4 members (excludes halogenated alkanes) is 6. The van der Waals surface area contributed by atoms with Crippen molar-refractivity contribution in [2.45, 2.75) is 103 Å². The van der Waals surface area contributed by atoms with E-state index in [1.165, 1.54) is 104 Å². The number of aromatic nitrogens is 2. The maximum atomic E-state index is 6.23. The van der Waals surface area contributed by atoms with Gasteiger partial charge in [0.25, 0.3) is 0 Å². The van der Waals surface area contributed by atoms with E-state index in [0.29, 0.717) is 0 Å². The van der Waals surface area contributed by atoms with Gasteiger partial charge in [-0.25, -0.2) is 0 Å². The summed E-state index contributed by atoms with van der Waals surface area (Å²) >= 11 is 0. The number of benzene rings is 7. The second kappa shape index (κ2) is 19.2. The highest BCUT2D eigenvalue weighted by atomic mass is 16.5. The standard InChI is InChI=1S/C60H64N2O2/c1-59(2,45-32-36-49(37-33-45)63-42-19-7-5-17-40-61-55-28-13-9-24-51(55)52-25-10-14-29-56(52)61)47-22-21-23-48(44-47)60(3,4)46-34-38-50(39-35-46)64-43-20-8-6-18-41-62-57-30-15-11-26-53(57)54-27-12-16-31-58(54)62/h9-16,21-39,44H,5-8,17-20,40-43H2,1-4H3. The fourth-order valence-corrected chi connectivity index (χ4v) is 9.89. The van der Waals surface area contributed by atoms with Crippen molar-refractivity contribution in [1.82, 2.24) is 9.13 Å². The number of aryl methyl sites for hydroxylation is 2. The zero-order chi connectivity index (χ0) is 43.9. The number of hydrogen-bond donors (Lipinski definition) is 0. The van der Waals surface area contributed by atoms with Gasteiger partial charge >= 0.3 is 0 Å². The highest BCUT2D eigenvalue weighted by Gasteiger charge is 2.28. The molecule has 4 heteroatoms. The van der Waals surface area contributed by atoms with E-state index in [1.807, 2.05) is 0 Å². The number of fused-ring (bicyclic) bond motifs is 6. The molecule has 0 saturated heterocycles. The van der Waals surface area contributed by atoms with E-state index < -0.39 is 0 Å². The van der Waals surface area contributed by atoms with Crippen LogP contribution in [0.3, 0.4) is 0 Å². The van der Waals surface area contributed by atoms with Crippen LogP contribution in [-0.2, 0) is 23.9 Å². The summed E-state index contributed by atoms with van der Waals surface area (Å²) in [5.41, 5.74) is 10.2. The quantitative estimate of drug-likeness (QED) is 0.0715. The van der Waals surface area contributed by atoms with E-state index in [-0.39, 0.29) is 10.8 Å². The summed E-state index contributed by atoms with van der Waals surface area (Å²) in [5.74, 6) is 1.89. The van der Waals surface area contributed by atoms with E-state index in [9.17, 15) is 0 Å². The monoisotopic (exact) mass is 844 g/mol. The average molecular weight is 845 g/mol. The molecule has 64 heavy (non-hydrogen) atoms. The largest absolute Gasteiger partial charge is 0.494 e. The van der Waals surface area contributed by atoms with Crippen molar-refractivity contribution >= 4 is 43.6 Å². The maximum Gasteiger partial charge on any atom is 0.119 e. The molecular weight excluding hydrogens is 781 g/mol. The van der Waals surface area contributed by atoms with E-state index in [2.05, 4.69) is 207 Å². The van der Waals surface area contributed by atoms with Gasteiger partial charge in [-0.05, 0) is 96.5 Å². The van der Waals surface area contributed by atoms with Gasteiger partial charge in [0.15, 0.2) is 0 Å². The van der Waals surface area contributed by atoms with E-state index in [1.54, 1.807) is 0 Å². The fourth-order valence-electron chi connectivity index (χ4n) is 9.89. The summed E-state index contributed by atoms with van der Waals surface area (Å²) in [5, 5.41) is 5.40. The Morgan fingerprint density at radius 2 is 0.656 bits per heavy atom. The molecule has 2 heterocycles. The second-order valence-electron chi connectivity index (χ2n) is 18.8. The Hall–Kier alpha value is -6.26. The Kier molecular flexibility index (Phi) is 12.9. The maximum absolute atomic E-state index is 6.23. The molecule has 0 amide bonds. The molecule has 0 fully saturated rings. The highest BCUT2D eigenvalue weighted by molar-refractivity contribution is 6.08. The molecule has 0 aliphatic rings. The van der Waals surface area contributed by atoms with Crippen molar-refractivity contribution in [3.8, 4) is 11.5 Å². The summed E-state index contributed by atoms with van der Waals surface area (Å²) in [6.45, 7) is 12.9. The highest BCUT2D eigenvalue weighted by Crippen LogP contribution is 2.38. The molecular formula is C60H64N2O2. The zero-order valence-electron chi connectivity index (χ0n) is 38.4. The van der Waals surface area contributed by atoms with Crippen LogP contribution >= 0.6 is 0 Å². The molecule has 0 saturated carbocycles. The summed E-state index contributed by atoms with van der Waals surface area (Å²) in [7, 11) is 0. The third kappa shape index (κ3) is 9.06. The first-order chi connectivity index (χ1) is 31.3. The van der Waals surface area contributed by atoms with Gasteiger partial charge in [-0.1, -0.05) is 175 Å². The van der Waals surface area contributed by atoms with E-state index in [4.69, 9.17) is 9.47 Å². The molecule has 0 aliphatic heterocycles. The van der Waals surface area contributed by atoms with E-state index in [0.717, 1.165) is 50.6 Å². The Morgan fingerprint density at radius 3 is 1.02 bits per heavy atom. The minimum absolute atomic E-state index is 0.163. The molecule has 0 atom stereocenters. The number of nitrogens with zero attached hydrogens (tertiary/aromatic N) is 2. The predicted octanol–water partition coefficient (Wildman–Crippen LogP) is 15.8. The SMILES string of the molecule is CC(C)(c1ccc(OCCCCCCn2c3ccccc3c3ccccc32)cc1)c1cccc(C(C)(C)c2ccc(OCCCCCCn3c4ccccc4c4ccccc43)cc2)c1. The van der Waals surface area contributed by atoms with Crippen LogP contribution in [-0.4, -0.2) is 22.3 Å². The van der Waals surface area contributed by atoms with Crippen molar-refractivity contribution in [1.29, 1.82) is 0 Å². The molecule has 4 nitrogen and oxygen atoms in total. The van der Waals surface area contributed by atoms with Crippen LogP contribution in [0.15, 0.2) is 170 Å². The van der Waals surface area contributed by atoms with Crippen molar-refractivity contribution in [2.75, 3.05) is 13.2 Å². The van der Waals surface area contributed by atoms with Crippen molar-refractivity contribution in [3.63, 3.8) is 0 Å². The third-order valence-corrected chi connectivity index (χ3v) is 13.9. The third-order valence-electron chi connectivity index (χ3n) is 13.9. The molecule has 0 aliphatic carbocycles. The van der Waals surface area contributed by atoms with Crippen molar-refractivity contribution in [2.24, 2.45) is 0 Å². The zero-order valence-corrected chi connectivity index (χ0v) is 38.4. The van der Waals surface area contributed by atoms with Crippen LogP contribution in [0.1, 0.15) is 101 Å². The Balaban J connectivity index is 0.715. The molecule has 2 aromatic heterocycles.